The molecule has 88 valence electrons. The molecule has 0 fully saturated rings. The van der Waals surface area contributed by atoms with E-state index in [1.807, 2.05) is 27.7 Å². The average Bonchev–Trinajstić information content (AvgIpc) is 2.13. The molecule has 1 atom stereocenters. The molecule has 0 aliphatic carbocycles. The van der Waals surface area contributed by atoms with Crippen LogP contribution in [-0.4, -0.2) is 11.0 Å². The fourth-order valence-corrected chi connectivity index (χ4v) is 1.41. The number of hydrogen-bond donors (Lipinski definition) is 0. The standard InChI is InChI=1S/C12H21ClO2/c1-6-12(5,10(13)15)8-7-11(3,4)9(2)14/h6-8H2,1-5H3. The van der Waals surface area contributed by atoms with Gasteiger partial charge in [0.2, 0.25) is 5.24 Å². The lowest BCUT2D eigenvalue weighted by molar-refractivity contribution is -0.127. The predicted molar refractivity (Wildman–Crippen MR) is 63.0 cm³/mol. The third-order valence-corrected chi connectivity index (χ3v) is 3.97. The SMILES string of the molecule is CCC(C)(CCC(C)(C)C(C)=O)C(=O)Cl. The van der Waals surface area contributed by atoms with Gasteiger partial charge in [-0.15, -0.1) is 0 Å². The maximum atomic E-state index is 11.3. The monoisotopic (exact) mass is 232 g/mol. The molecule has 0 rings (SSSR count). The fourth-order valence-electron chi connectivity index (χ4n) is 1.18. The van der Waals surface area contributed by atoms with Gasteiger partial charge in [-0.1, -0.05) is 27.7 Å². The van der Waals surface area contributed by atoms with Gasteiger partial charge in [0.15, 0.2) is 0 Å². The van der Waals surface area contributed by atoms with E-state index in [9.17, 15) is 9.59 Å². The molecule has 0 aromatic carbocycles. The average molecular weight is 233 g/mol. The molecule has 0 bridgehead atoms. The van der Waals surface area contributed by atoms with Gasteiger partial charge in [0.1, 0.15) is 5.78 Å². The zero-order valence-corrected chi connectivity index (χ0v) is 11.1. The Kier molecular flexibility index (Phi) is 4.98. The summed E-state index contributed by atoms with van der Waals surface area (Å²) in [5.41, 5.74) is -0.850. The largest absolute Gasteiger partial charge is 0.299 e. The molecule has 0 aliphatic rings. The van der Waals surface area contributed by atoms with Crippen LogP contribution >= 0.6 is 11.6 Å². The van der Waals surface area contributed by atoms with Crippen LogP contribution in [0.2, 0.25) is 0 Å². The van der Waals surface area contributed by atoms with Crippen LogP contribution in [0.1, 0.15) is 53.9 Å². The normalized spacial score (nSPS) is 15.9. The van der Waals surface area contributed by atoms with Crippen molar-refractivity contribution in [3.63, 3.8) is 0 Å². The van der Waals surface area contributed by atoms with Gasteiger partial charge in [0.25, 0.3) is 0 Å². The van der Waals surface area contributed by atoms with E-state index in [2.05, 4.69) is 0 Å². The van der Waals surface area contributed by atoms with Gasteiger partial charge >= 0.3 is 0 Å². The van der Waals surface area contributed by atoms with Crippen LogP contribution in [0.4, 0.5) is 0 Å². The van der Waals surface area contributed by atoms with Crippen molar-refractivity contribution in [3.8, 4) is 0 Å². The van der Waals surface area contributed by atoms with Gasteiger partial charge in [-0.3, -0.25) is 9.59 Å². The number of carbonyl (C=O) groups excluding carboxylic acids is 2. The third kappa shape index (κ3) is 3.94. The summed E-state index contributed by atoms with van der Waals surface area (Å²) in [6.07, 6.45) is 2.08. The zero-order chi connectivity index (χ0) is 12.3. The van der Waals surface area contributed by atoms with E-state index < -0.39 is 5.41 Å². The summed E-state index contributed by atoms with van der Waals surface area (Å²) in [7, 11) is 0. The molecule has 2 nitrogen and oxygen atoms in total. The van der Waals surface area contributed by atoms with Gasteiger partial charge in [-0.2, -0.15) is 0 Å². The molecule has 15 heavy (non-hydrogen) atoms. The predicted octanol–water partition coefficient (Wildman–Crippen LogP) is 3.56. The van der Waals surface area contributed by atoms with E-state index in [0.29, 0.717) is 19.3 Å². The summed E-state index contributed by atoms with van der Waals surface area (Å²) < 4.78 is 0. The van der Waals surface area contributed by atoms with E-state index in [4.69, 9.17) is 11.6 Å². The van der Waals surface area contributed by atoms with Crippen LogP contribution in [0, 0.1) is 10.8 Å². The van der Waals surface area contributed by atoms with Crippen LogP contribution < -0.4 is 0 Å². The second-order valence-electron chi connectivity index (χ2n) is 5.13. The van der Waals surface area contributed by atoms with Crippen molar-refractivity contribution in [3.05, 3.63) is 0 Å². The molecule has 0 aromatic heterocycles. The molecule has 3 heteroatoms. The Morgan fingerprint density at radius 3 is 1.87 bits per heavy atom. The van der Waals surface area contributed by atoms with E-state index in [1.165, 1.54) is 0 Å². The number of halogens is 1. The Balaban J connectivity index is 4.49. The first kappa shape index (κ1) is 14.6. The zero-order valence-electron chi connectivity index (χ0n) is 10.3. The molecule has 0 spiro atoms. The molecular weight excluding hydrogens is 212 g/mol. The Morgan fingerprint density at radius 1 is 1.13 bits per heavy atom. The minimum absolute atomic E-state index is 0.156. The Bertz CT molecular complexity index is 258. The van der Waals surface area contributed by atoms with E-state index in [-0.39, 0.29) is 16.4 Å². The van der Waals surface area contributed by atoms with E-state index in [1.54, 1.807) is 6.92 Å². The van der Waals surface area contributed by atoms with Crippen LogP contribution in [0.15, 0.2) is 0 Å². The lowest BCUT2D eigenvalue weighted by Crippen LogP contribution is -2.28. The first-order valence-corrected chi connectivity index (χ1v) is 5.74. The Labute approximate surface area is 97.4 Å². The van der Waals surface area contributed by atoms with Crippen molar-refractivity contribution in [2.24, 2.45) is 10.8 Å². The topological polar surface area (TPSA) is 34.1 Å². The summed E-state index contributed by atoms with van der Waals surface area (Å²) in [6.45, 7) is 9.21. The molecule has 1 unspecified atom stereocenters. The van der Waals surface area contributed by atoms with Crippen molar-refractivity contribution in [1.82, 2.24) is 0 Å². The highest BCUT2D eigenvalue weighted by Crippen LogP contribution is 2.35. The molecule has 0 amide bonds. The van der Waals surface area contributed by atoms with Crippen molar-refractivity contribution in [2.45, 2.75) is 53.9 Å². The molecule has 0 saturated carbocycles. The molecule has 0 radical (unpaired) electrons. The fraction of sp³-hybridized carbons (Fsp3) is 0.833. The second kappa shape index (κ2) is 5.11. The molecule has 0 saturated heterocycles. The second-order valence-corrected chi connectivity index (χ2v) is 5.47. The molecule has 0 aliphatic heterocycles. The summed E-state index contributed by atoms with van der Waals surface area (Å²) in [6, 6.07) is 0. The number of ketones is 1. The van der Waals surface area contributed by atoms with E-state index >= 15 is 0 Å². The first-order valence-electron chi connectivity index (χ1n) is 5.36. The van der Waals surface area contributed by atoms with Crippen molar-refractivity contribution < 1.29 is 9.59 Å². The molecular formula is C12H21ClO2. The van der Waals surface area contributed by atoms with Crippen LogP contribution in [0.3, 0.4) is 0 Å². The van der Waals surface area contributed by atoms with Crippen LogP contribution in [0.25, 0.3) is 0 Å². The third-order valence-electron chi connectivity index (χ3n) is 3.51. The highest BCUT2D eigenvalue weighted by atomic mass is 35.5. The summed E-state index contributed by atoms with van der Waals surface area (Å²) >= 11 is 5.57. The van der Waals surface area contributed by atoms with Crippen molar-refractivity contribution in [2.75, 3.05) is 0 Å². The van der Waals surface area contributed by atoms with Gasteiger partial charge in [0.05, 0.1) is 0 Å². The summed E-state index contributed by atoms with van der Waals surface area (Å²) in [5.74, 6) is 0.156. The van der Waals surface area contributed by atoms with Crippen molar-refractivity contribution in [1.29, 1.82) is 0 Å². The molecule has 0 aromatic rings. The minimum Gasteiger partial charge on any atom is -0.299 e. The number of rotatable bonds is 6. The number of carbonyl (C=O) groups is 2. The highest BCUT2D eigenvalue weighted by Gasteiger charge is 2.33. The highest BCUT2D eigenvalue weighted by molar-refractivity contribution is 6.64. The minimum atomic E-state index is -0.492. The Hall–Kier alpha value is -0.370. The van der Waals surface area contributed by atoms with E-state index in [0.717, 1.165) is 0 Å². The molecule has 0 heterocycles. The maximum Gasteiger partial charge on any atom is 0.227 e. The first-order chi connectivity index (χ1) is 6.65. The van der Waals surface area contributed by atoms with Gasteiger partial charge < -0.3 is 0 Å². The summed E-state index contributed by atoms with van der Waals surface area (Å²) in [5, 5.41) is -0.302. The summed E-state index contributed by atoms with van der Waals surface area (Å²) in [4.78, 5) is 22.6. The molecule has 0 N–H and O–H groups in total. The van der Waals surface area contributed by atoms with Gasteiger partial charge in [-0.05, 0) is 37.8 Å². The smallest absolute Gasteiger partial charge is 0.227 e. The quantitative estimate of drug-likeness (QED) is 0.657. The maximum absolute atomic E-state index is 11.3. The van der Waals surface area contributed by atoms with Crippen LogP contribution in [-0.2, 0) is 9.59 Å². The lowest BCUT2D eigenvalue weighted by atomic mass is 9.75. The number of Topliss-reactive ketones (excluding diaryl/α,β-unsaturated/α-hetero) is 1. The lowest BCUT2D eigenvalue weighted by Gasteiger charge is -2.28. The van der Waals surface area contributed by atoms with Crippen LogP contribution in [0.5, 0.6) is 0 Å². The number of hydrogen-bond acceptors (Lipinski definition) is 2. The van der Waals surface area contributed by atoms with Crippen molar-refractivity contribution >= 4 is 22.6 Å². The Morgan fingerprint density at radius 2 is 1.60 bits per heavy atom. The van der Waals surface area contributed by atoms with Gasteiger partial charge in [0, 0.05) is 10.8 Å². The van der Waals surface area contributed by atoms with Gasteiger partial charge in [-0.25, -0.2) is 0 Å².